The second-order valence-corrected chi connectivity index (χ2v) is 14.6. The summed E-state index contributed by atoms with van der Waals surface area (Å²) in [4.78, 5) is 33.3. The van der Waals surface area contributed by atoms with Crippen LogP contribution in [0.1, 0.15) is 80.1 Å². The number of rotatable bonds is 18. The molecular weight excluding hydrogens is 576 g/mol. The van der Waals surface area contributed by atoms with Gasteiger partial charge in [0, 0.05) is 0 Å². The van der Waals surface area contributed by atoms with Crippen molar-refractivity contribution in [2.75, 3.05) is 39.6 Å². The third-order valence-electron chi connectivity index (χ3n) is 2.72. The van der Waals surface area contributed by atoms with Crippen molar-refractivity contribution in [3.8, 4) is 0 Å². The Kier molecular flexibility index (Phi) is 35.7. The largest absolute Gasteiger partial charge is 3.00 e. The fourth-order valence-electron chi connectivity index (χ4n) is 1.33. The minimum atomic E-state index is -3.14. The molecule has 9 nitrogen and oxygen atoms in total. The molecule has 0 aliphatic rings. The summed E-state index contributed by atoms with van der Waals surface area (Å²) in [5, 5.41) is 0. The summed E-state index contributed by atoms with van der Waals surface area (Å²) >= 11 is 13.8. The third-order valence-corrected chi connectivity index (χ3v) is 7.61. The zero-order valence-electron chi connectivity index (χ0n) is 21.3. The van der Waals surface area contributed by atoms with E-state index in [2.05, 4.69) is 35.4 Å². The molecule has 0 heterocycles. The van der Waals surface area contributed by atoms with Crippen LogP contribution >= 0.6 is 20.2 Å². The molecule has 0 N–H and O–H groups in total. The molecule has 0 saturated carbocycles. The Balaban J connectivity index is -0.000000196. The molecule has 0 aromatic carbocycles. The smallest absolute Gasteiger partial charge is 0.780 e. The van der Waals surface area contributed by atoms with Crippen LogP contribution in [-0.2, 0) is 62.6 Å². The van der Waals surface area contributed by atoms with Crippen molar-refractivity contribution in [3.63, 3.8) is 0 Å². The SMILES string of the molecule is CCCOP([O-])(=S)OCCC.CCCOP([O-])(=S)OCCC.CCCOP([O-])(=S)OCCC.[Al+3]. The second kappa shape index (κ2) is 28.1. The Morgan fingerprint density at radius 2 is 0.529 bits per heavy atom. The van der Waals surface area contributed by atoms with Crippen LogP contribution in [0.25, 0.3) is 0 Å². The van der Waals surface area contributed by atoms with Crippen molar-refractivity contribution in [1.29, 1.82) is 0 Å². The maximum atomic E-state index is 11.1. The molecule has 0 spiro atoms. The molecule has 0 aliphatic heterocycles. The van der Waals surface area contributed by atoms with E-state index in [9.17, 15) is 14.7 Å². The first-order valence-electron chi connectivity index (χ1n) is 11.2. The first kappa shape index (κ1) is 43.2. The molecule has 0 rings (SSSR count). The van der Waals surface area contributed by atoms with Crippen molar-refractivity contribution in [3.05, 3.63) is 0 Å². The summed E-state index contributed by atoms with van der Waals surface area (Å²) in [5.74, 6) is 0. The standard InChI is InChI=1S/3C6H15O3PS.Al/c3*1-3-5-8-10(7,11)9-6-4-2;/h3*3-6H2,1-2H3,(H,7,11);/q;;;+3/p-3. The summed E-state index contributed by atoms with van der Waals surface area (Å²) in [6.07, 6.45) is 4.81. The van der Waals surface area contributed by atoms with Gasteiger partial charge >= 0.3 is 17.4 Å². The molecule has 16 heteroatoms. The summed E-state index contributed by atoms with van der Waals surface area (Å²) in [5.41, 5.74) is 0. The number of hydrogen-bond acceptors (Lipinski definition) is 12. The van der Waals surface area contributed by atoms with Crippen molar-refractivity contribution < 1.29 is 41.8 Å². The van der Waals surface area contributed by atoms with E-state index in [4.69, 9.17) is 27.1 Å². The van der Waals surface area contributed by atoms with Gasteiger partial charge < -0.3 is 41.8 Å². The minimum Gasteiger partial charge on any atom is -0.780 e. The molecule has 0 radical (unpaired) electrons. The van der Waals surface area contributed by atoms with Crippen LogP contribution in [0.5, 0.6) is 0 Å². The van der Waals surface area contributed by atoms with Crippen LogP contribution in [0.15, 0.2) is 0 Å². The van der Waals surface area contributed by atoms with E-state index in [-0.39, 0.29) is 17.4 Å². The van der Waals surface area contributed by atoms with Crippen LogP contribution in [0.4, 0.5) is 0 Å². The van der Waals surface area contributed by atoms with Crippen molar-refractivity contribution in [2.24, 2.45) is 0 Å². The average molecular weight is 619 g/mol. The van der Waals surface area contributed by atoms with Crippen LogP contribution < -0.4 is 14.7 Å². The van der Waals surface area contributed by atoms with Gasteiger partial charge in [0.05, 0.1) is 39.6 Å². The Hall–Kier alpha value is 2.12. The molecule has 0 bridgehead atoms. The molecule has 0 unspecified atom stereocenters. The minimum absolute atomic E-state index is 0. The molecule has 0 fully saturated rings. The van der Waals surface area contributed by atoms with Gasteiger partial charge in [0.2, 0.25) is 0 Å². The van der Waals surface area contributed by atoms with Crippen molar-refractivity contribution in [1.82, 2.24) is 0 Å². The van der Waals surface area contributed by atoms with Gasteiger partial charge in [0.15, 0.2) is 0 Å². The molecule has 34 heavy (non-hydrogen) atoms. The summed E-state index contributed by atoms with van der Waals surface area (Å²) < 4.78 is 29.0. The van der Waals surface area contributed by atoms with E-state index < -0.39 is 20.2 Å². The zero-order valence-corrected chi connectivity index (χ0v) is 27.6. The van der Waals surface area contributed by atoms with Crippen LogP contribution in [0.2, 0.25) is 0 Å². The van der Waals surface area contributed by atoms with Gasteiger partial charge in [-0.1, -0.05) is 77.0 Å². The van der Waals surface area contributed by atoms with Gasteiger partial charge in [-0.25, -0.2) is 0 Å². The Morgan fingerprint density at radius 1 is 0.412 bits per heavy atom. The first-order valence-corrected chi connectivity index (χ1v) is 18.8. The molecule has 0 aliphatic carbocycles. The Labute approximate surface area is 233 Å². The van der Waals surface area contributed by atoms with E-state index in [1.807, 2.05) is 41.5 Å². The molecule has 0 saturated heterocycles. The van der Waals surface area contributed by atoms with E-state index in [1.54, 1.807) is 0 Å². The van der Waals surface area contributed by atoms with E-state index >= 15 is 0 Å². The van der Waals surface area contributed by atoms with Gasteiger partial charge in [-0.3, -0.25) is 0 Å². The first-order chi connectivity index (χ1) is 15.4. The monoisotopic (exact) mass is 618 g/mol. The predicted octanol–water partition coefficient (Wildman–Crippen LogP) is 3.89. The summed E-state index contributed by atoms with van der Waals surface area (Å²) in [7, 11) is 0. The van der Waals surface area contributed by atoms with Gasteiger partial charge in [0.25, 0.3) is 0 Å². The fraction of sp³-hybridized carbons (Fsp3) is 1.00. The van der Waals surface area contributed by atoms with Gasteiger partial charge in [-0.15, -0.1) is 0 Å². The molecule has 0 aromatic heterocycles. The van der Waals surface area contributed by atoms with Gasteiger partial charge in [-0.05, 0) is 38.5 Å². The molecule has 204 valence electrons. The van der Waals surface area contributed by atoms with Crippen LogP contribution in [-0.4, -0.2) is 57.0 Å². The molecular formula is C18H42AlO9P3S3. The fourth-order valence-corrected chi connectivity index (χ4v) is 5.33. The normalized spacial score (nSPS) is 11.6. The van der Waals surface area contributed by atoms with E-state index in [0.29, 0.717) is 39.6 Å². The maximum absolute atomic E-state index is 11.1. The quantitative estimate of drug-likeness (QED) is 0.164. The van der Waals surface area contributed by atoms with E-state index in [0.717, 1.165) is 38.5 Å². The summed E-state index contributed by atoms with van der Waals surface area (Å²) in [6.45, 7) is 4.57. The third kappa shape index (κ3) is 36.3. The Bertz CT molecular complexity index is 466. The number of hydrogen-bond donors (Lipinski definition) is 0. The topological polar surface area (TPSA) is 125 Å². The van der Waals surface area contributed by atoms with Crippen molar-refractivity contribution in [2.45, 2.75) is 80.1 Å². The van der Waals surface area contributed by atoms with Gasteiger partial charge in [0.1, 0.15) is 20.2 Å². The Morgan fingerprint density at radius 3 is 0.618 bits per heavy atom. The molecule has 0 aromatic rings. The van der Waals surface area contributed by atoms with Gasteiger partial charge in [-0.2, -0.15) is 0 Å². The predicted molar refractivity (Wildman–Crippen MR) is 146 cm³/mol. The van der Waals surface area contributed by atoms with Crippen LogP contribution in [0.3, 0.4) is 0 Å². The van der Waals surface area contributed by atoms with E-state index in [1.165, 1.54) is 0 Å². The zero-order chi connectivity index (χ0) is 26.2. The molecule has 0 amide bonds. The summed E-state index contributed by atoms with van der Waals surface area (Å²) in [6, 6.07) is 0. The molecule has 0 atom stereocenters. The van der Waals surface area contributed by atoms with Crippen molar-refractivity contribution >= 4 is 72.9 Å². The average Bonchev–Trinajstić information content (AvgIpc) is 2.77. The maximum Gasteiger partial charge on any atom is 3.00 e. The second-order valence-electron chi connectivity index (χ2n) is 6.34. The van der Waals surface area contributed by atoms with Crippen LogP contribution in [0, 0.1) is 0 Å².